The number of nitrogens with zero attached hydrogens (tertiary/aromatic N) is 5. The molecule has 0 amide bonds. The molecule has 1 saturated heterocycles. The third-order valence-corrected chi connectivity index (χ3v) is 5.18. The lowest BCUT2D eigenvalue weighted by Gasteiger charge is -2.34. The molecular formula is C20H23N5O2. The van der Waals surface area contributed by atoms with Crippen LogP contribution in [-0.4, -0.2) is 45.5 Å². The third kappa shape index (κ3) is 3.64. The molecule has 0 spiro atoms. The van der Waals surface area contributed by atoms with Gasteiger partial charge in [-0.25, -0.2) is 0 Å². The smallest absolute Gasteiger partial charge is 0.250 e. The van der Waals surface area contributed by atoms with Crippen molar-refractivity contribution >= 4 is 5.95 Å². The molecule has 0 aliphatic carbocycles. The summed E-state index contributed by atoms with van der Waals surface area (Å²) in [5, 5.41) is 23.0. The molecule has 0 saturated carbocycles. The maximum atomic E-state index is 10.8. The first-order valence-corrected chi connectivity index (χ1v) is 9.17. The Morgan fingerprint density at radius 2 is 1.74 bits per heavy atom. The molecule has 1 atom stereocenters. The number of aliphatic hydroxyl groups excluding tert-OH is 1. The summed E-state index contributed by atoms with van der Waals surface area (Å²) < 4.78 is 6.95. The SMILES string of the molecule is COc1ccc([C@@H](O)C2CCN(c3nnnn3-c3ccccc3)CC2)cc1. The summed E-state index contributed by atoms with van der Waals surface area (Å²) in [4.78, 5) is 2.18. The minimum Gasteiger partial charge on any atom is -0.497 e. The zero-order valence-electron chi connectivity index (χ0n) is 15.3. The summed E-state index contributed by atoms with van der Waals surface area (Å²) in [7, 11) is 1.64. The van der Waals surface area contributed by atoms with Crippen LogP contribution in [0.15, 0.2) is 54.6 Å². The maximum absolute atomic E-state index is 10.8. The van der Waals surface area contributed by atoms with Gasteiger partial charge in [-0.3, -0.25) is 0 Å². The molecule has 140 valence electrons. The van der Waals surface area contributed by atoms with E-state index in [2.05, 4.69) is 20.4 Å². The van der Waals surface area contributed by atoms with Crippen LogP contribution in [0.1, 0.15) is 24.5 Å². The molecule has 3 aromatic rings. The van der Waals surface area contributed by atoms with E-state index >= 15 is 0 Å². The number of hydrogen-bond acceptors (Lipinski definition) is 6. The second kappa shape index (κ2) is 7.75. The second-order valence-electron chi connectivity index (χ2n) is 6.77. The van der Waals surface area contributed by atoms with Gasteiger partial charge in [0.15, 0.2) is 0 Å². The molecule has 1 aromatic heterocycles. The number of para-hydroxylation sites is 1. The Bertz CT molecular complexity index is 858. The molecule has 27 heavy (non-hydrogen) atoms. The van der Waals surface area contributed by atoms with E-state index in [-0.39, 0.29) is 5.92 Å². The number of tetrazole rings is 1. The van der Waals surface area contributed by atoms with Crippen LogP contribution < -0.4 is 9.64 Å². The molecule has 7 nitrogen and oxygen atoms in total. The lowest BCUT2D eigenvalue weighted by molar-refractivity contribution is 0.0927. The number of rotatable bonds is 5. The van der Waals surface area contributed by atoms with Gasteiger partial charge in [-0.15, -0.1) is 0 Å². The summed E-state index contributed by atoms with van der Waals surface area (Å²) >= 11 is 0. The highest BCUT2D eigenvalue weighted by Gasteiger charge is 2.28. The number of anilines is 1. The van der Waals surface area contributed by atoms with Crippen LogP contribution in [0.4, 0.5) is 5.95 Å². The van der Waals surface area contributed by atoms with Crippen LogP contribution in [-0.2, 0) is 0 Å². The van der Waals surface area contributed by atoms with Crippen LogP contribution >= 0.6 is 0 Å². The van der Waals surface area contributed by atoms with E-state index in [0.29, 0.717) is 0 Å². The molecule has 0 bridgehead atoms. The molecule has 1 fully saturated rings. The highest BCUT2D eigenvalue weighted by Crippen LogP contribution is 2.32. The van der Waals surface area contributed by atoms with Gasteiger partial charge in [-0.1, -0.05) is 35.4 Å². The van der Waals surface area contributed by atoms with Gasteiger partial charge < -0.3 is 14.7 Å². The van der Waals surface area contributed by atoms with E-state index in [0.717, 1.165) is 48.9 Å². The quantitative estimate of drug-likeness (QED) is 0.749. The molecule has 1 N–H and O–H groups in total. The largest absolute Gasteiger partial charge is 0.497 e. The summed E-state index contributed by atoms with van der Waals surface area (Å²) in [6, 6.07) is 17.5. The van der Waals surface area contributed by atoms with Crippen molar-refractivity contribution < 1.29 is 9.84 Å². The molecule has 4 rings (SSSR count). The number of benzene rings is 2. The van der Waals surface area contributed by atoms with Crippen LogP contribution in [0.2, 0.25) is 0 Å². The number of methoxy groups -OCH3 is 1. The van der Waals surface area contributed by atoms with E-state index in [4.69, 9.17) is 4.74 Å². The summed E-state index contributed by atoms with van der Waals surface area (Å²) in [6.07, 6.45) is 1.30. The second-order valence-corrected chi connectivity index (χ2v) is 6.77. The van der Waals surface area contributed by atoms with Gasteiger partial charge in [0, 0.05) is 13.1 Å². The lowest BCUT2D eigenvalue weighted by Crippen LogP contribution is -2.37. The van der Waals surface area contributed by atoms with Crippen molar-refractivity contribution in [3.8, 4) is 11.4 Å². The van der Waals surface area contributed by atoms with Gasteiger partial charge in [-0.2, -0.15) is 4.68 Å². The van der Waals surface area contributed by atoms with Crippen LogP contribution in [0.3, 0.4) is 0 Å². The Hall–Kier alpha value is -2.93. The summed E-state index contributed by atoms with van der Waals surface area (Å²) in [6.45, 7) is 1.62. The lowest BCUT2D eigenvalue weighted by atomic mass is 9.87. The Morgan fingerprint density at radius 3 is 2.41 bits per heavy atom. The highest BCUT2D eigenvalue weighted by atomic mass is 16.5. The van der Waals surface area contributed by atoms with E-state index < -0.39 is 6.10 Å². The number of piperidine rings is 1. The predicted molar refractivity (Wildman–Crippen MR) is 102 cm³/mol. The first kappa shape index (κ1) is 17.5. The van der Waals surface area contributed by atoms with Crippen LogP contribution in [0, 0.1) is 5.92 Å². The Morgan fingerprint density at radius 1 is 1.04 bits per heavy atom. The predicted octanol–water partition coefficient (Wildman–Crippen LogP) is 2.62. The normalized spacial score (nSPS) is 16.3. The molecule has 1 aliphatic heterocycles. The number of aliphatic hydroxyl groups is 1. The fourth-order valence-corrected chi connectivity index (χ4v) is 3.60. The van der Waals surface area contributed by atoms with Crippen LogP contribution in [0.25, 0.3) is 5.69 Å². The van der Waals surface area contributed by atoms with Gasteiger partial charge in [0.1, 0.15) is 5.75 Å². The molecule has 0 unspecified atom stereocenters. The van der Waals surface area contributed by atoms with Crippen molar-refractivity contribution in [2.24, 2.45) is 5.92 Å². The van der Waals surface area contributed by atoms with Gasteiger partial charge >= 0.3 is 0 Å². The fourth-order valence-electron chi connectivity index (χ4n) is 3.60. The molecule has 7 heteroatoms. The monoisotopic (exact) mass is 365 g/mol. The van der Waals surface area contributed by atoms with E-state index in [1.165, 1.54) is 0 Å². The zero-order chi connectivity index (χ0) is 18.6. The van der Waals surface area contributed by atoms with Crippen molar-refractivity contribution in [2.75, 3.05) is 25.1 Å². The van der Waals surface area contributed by atoms with Crippen molar-refractivity contribution in [2.45, 2.75) is 18.9 Å². The maximum Gasteiger partial charge on any atom is 0.250 e. The molecular weight excluding hydrogens is 342 g/mol. The van der Waals surface area contributed by atoms with Gasteiger partial charge in [-0.05, 0) is 59.0 Å². The van der Waals surface area contributed by atoms with E-state index in [9.17, 15) is 5.11 Å². The average Bonchev–Trinajstić information content (AvgIpc) is 3.24. The van der Waals surface area contributed by atoms with Gasteiger partial charge in [0.05, 0.1) is 18.9 Å². The van der Waals surface area contributed by atoms with Crippen molar-refractivity contribution in [3.63, 3.8) is 0 Å². The minimum atomic E-state index is -0.469. The third-order valence-electron chi connectivity index (χ3n) is 5.18. The first-order valence-electron chi connectivity index (χ1n) is 9.17. The minimum absolute atomic E-state index is 0.218. The summed E-state index contributed by atoms with van der Waals surface area (Å²) in [5.41, 5.74) is 1.88. The Kier molecular flexibility index (Phi) is 5.02. The topological polar surface area (TPSA) is 76.3 Å². The number of hydrogen-bond donors (Lipinski definition) is 1. The number of ether oxygens (including phenoxy) is 1. The molecule has 0 radical (unpaired) electrons. The van der Waals surface area contributed by atoms with Gasteiger partial charge in [0.25, 0.3) is 0 Å². The van der Waals surface area contributed by atoms with E-state index in [1.54, 1.807) is 11.8 Å². The Balaban J connectivity index is 1.43. The highest BCUT2D eigenvalue weighted by molar-refractivity contribution is 5.40. The first-order chi connectivity index (χ1) is 13.3. The number of aromatic nitrogens is 4. The standard InChI is InChI=1S/C20H23N5O2/c1-27-18-9-7-15(8-10-18)19(26)16-11-13-24(14-12-16)20-21-22-23-25(20)17-5-3-2-4-6-17/h2-10,16,19,26H,11-14H2,1H3/t19-/m1/s1. The summed E-state index contributed by atoms with van der Waals surface area (Å²) in [5.74, 6) is 1.77. The van der Waals surface area contributed by atoms with E-state index in [1.807, 2.05) is 54.6 Å². The fraction of sp³-hybridized carbons (Fsp3) is 0.350. The molecule has 2 aromatic carbocycles. The van der Waals surface area contributed by atoms with Gasteiger partial charge in [0.2, 0.25) is 5.95 Å². The van der Waals surface area contributed by atoms with Crippen LogP contribution in [0.5, 0.6) is 5.75 Å². The van der Waals surface area contributed by atoms with Crippen molar-refractivity contribution in [1.82, 2.24) is 20.2 Å². The van der Waals surface area contributed by atoms with Crippen molar-refractivity contribution in [1.29, 1.82) is 0 Å². The Labute approximate surface area is 158 Å². The van der Waals surface area contributed by atoms with Crippen molar-refractivity contribution in [3.05, 3.63) is 60.2 Å². The molecule has 2 heterocycles. The molecule has 1 aliphatic rings. The zero-order valence-corrected chi connectivity index (χ0v) is 15.3. The average molecular weight is 365 g/mol.